The van der Waals surface area contributed by atoms with E-state index in [-0.39, 0.29) is 12.4 Å². The van der Waals surface area contributed by atoms with Crippen LogP contribution in [0.2, 0.25) is 0 Å². The molecule has 0 aliphatic heterocycles. The molecule has 0 saturated carbocycles. The first-order chi connectivity index (χ1) is 8.13. The summed E-state index contributed by atoms with van der Waals surface area (Å²) in [5.41, 5.74) is 0.910. The van der Waals surface area contributed by atoms with Crippen LogP contribution in [0.1, 0.15) is 11.7 Å². The zero-order valence-corrected chi connectivity index (χ0v) is 12.8. The summed E-state index contributed by atoms with van der Waals surface area (Å²) in [6, 6.07) is 7.93. The lowest BCUT2D eigenvalue weighted by Gasteiger charge is -2.14. The Morgan fingerprint density at radius 1 is 1.28 bits per heavy atom. The highest BCUT2D eigenvalue weighted by Crippen LogP contribution is 2.19. The fourth-order valence-corrected chi connectivity index (χ4v) is 1.77. The minimum Gasteiger partial charge on any atom is -0.386 e. The second-order valence-corrected chi connectivity index (χ2v) is 5.05. The molecule has 1 aromatic rings. The Labute approximate surface area is 120 Å². The van der Waals surface area contributed by atoms with Crippen LogP contribution in [0.15, 0.2) is 29.2 Å². The van der Waals surface area contributed by atoms with Gasteiger partial charge in [0.2, 0.25) is 0 Å². The van der Waals surface area contributed by atoms with Gasteiger partial charge in [0.1, 0.15) is 6.10 Å². The number of aliphatic hydroxyl groups is 1. The number of thioether (sulfide) groups is 1. The van der Waals surface area contributed by atoms with Gasteiger partial charge < -0.3 is 14.7 Å². The summed E-state index contributed by atoms with van der Waals surface area (Å²) < 4.78 is 5.42. The van der Waals surface area contributed by atoms with Gasteiger partial charge in [-0.25, -0.2) is 0 Å². The lowest BCUT2D eigenvalue weighted by molar-refractivity contribution is 0.0306. The molecule has 5 heteroatoms. The maximum Gasteiger partial charge on any atom is 0.102 e. The molecule has 1 unspecified atom stereocenters. The second kappa shape index (κ2) is 9.64. The smallest absolute Gasteiger partial charge is 0.102 e. The molecule has 0 bridgehead atoms. The molecule has 0 heterocycles. The van der Waals surface area contributed by atoms with Gasteiger partial charge >= 0.3 is 0 Å². The number of nitrogens with zero attached hydrogens (tertiary/aromatic N) is 1. The Balaban J connectivity index is 0.00000289. The number of hydrogen-bond donors (Lipinski definition) is 1. The average molecular weight is 292 g/mol. The molecule has 1 rings (SSSR count). The van der Waals surface area contributed by atoms with Crippen LogP contribution in [0.3, 0.4) is 0 Å². The van der Waals surface area contributed by atoms with Gasteiger partial charge in [0.05, 0.1) is 13.2 Å². The Hall–Kier alpha value is -0.260. The van der Waals surface area contributed by atoms with Gasteiger partial charge in [0.25, 0.3) is 0 Å². The monoisotopic (exact) mass is 291 g/mol. The van der Waals surface area contributed by atoms with Crippen molar-refractivity contribution in [2.45, 2.75) is 11.0 Å². The highest BCUT2D eigenvalue weighted by molar-refractivity contribution is 7.98. The first-order valence-electron chi connectivity index (χ1n) is 5.68. The zero-order valence-electron chi connectivity index (χ0n) is 11.1. The molecule has 0 aliphatic carbocycles. The number of halogens is 1. The van der Waals surface area contributed by atoms with Gasteiger partial charge in [-0.1, -0.05) is 12.1 Å². The number of benzene rings is 1. The Kier molecular flexibility index (Phi) is 9.50. The molecule has 1 atom stereocenters. The van der Waals surface area contributed by atoms with E-state index in [9.17, 15) is 5.11 Å². The van der Waals surface area contributed by atoms with E-state index in [0.29, 0.717) is 13.2 Å². The predicted octanol–water partition coefficient (Wildman–Crippen LogP) is 2.44. The van der Waals surface area contributed by atoms with Crippen molar-refractivity contribution < 1.29 is 9.84 Å². The van der Waals surface area contributed by atoms with Crippen molar-refractivity contribution in [3.8, 4) is 0 Å². The Bertz CT molecular complexity index is 319. The molecule has 3 nitrogen and oxygen atoms in total. The normalized spacial score (nSPS) is 12.3. The third-order valence-electron chi connectivity index (χ3n) is 2.46. The van der Waals surface area contributed by atoms with Crippen LogP contribution in [0, 0.1) is 0 Å². The van der Waals surface area contributed by atoms with E-state index in [4.69, 9.17) is 4.74 Å². The van der Waals surface area contributed by atoms with Crippen LogP contribution < -0.4 is 0 Å². The summed E-state index contributed by atoms with van der Waals surface area (Å²) in [7, 11) is 4.00. The van der Waals surface area contributed by atoms with Crippen LogP contribution in [0.4, 0.5) is 0 Å². The van der Waals surface area contributed by atoms with Gasteiger partial charge in [-0.15, -0.1) is 24.2 Å². The van der Waals surface area contributed by atoms with Crippen molar-refractivity contribution in [1.82, 2.24) is 4.90 Å². The van der Waals surface area contributed by atoms with Crippen molar-refractivity contribution in [3.05, 3.63) is 29.8 Å². The van der Waals surface area contributed by atoms with E-state index in [1.807, 2.05) is 44.6 Å². The van der Waals surface area contributed by atoms with Crippen LogP contribution in [0.5, 0.6) is 0 Å². The molecule has 1 N–H and O–H groups in total. The summed E-state index contributed by atoms with van der Waals surface area (Å²) in [5, 5.41) is 9.90. The van der Waals surface area contributed by atoms with E-state index < -0.39 is 6.10 Å². The van der Waals surface area contributed by atoms with Gasteiger partial charge in [0, 0.05) is 11.4 Å². The molecule has 18 heavy (non-hydrogen) atoms. The molecule has 0 radical (unpaired) electrons. The van der Waals surface area contributed by atoms with Gasteiger partial charge in [0.15, 0.2) is 0 Å². The minimum atomic E-state index is -0.534. The number of hydrogen-bond acceptors (Lipinski definition) is 4. The fraction of sp³-hybridized carbons (Fsp3) is 0.538. The maximum absolute atomic E-state index is 9.90. The third-order valence-corrected chi connectivity index (χ3v) is 3.20. The molecule has 0 amide bonds. The van der Waals surface area contributed by atoms with Crippen molar-refractivity contribution in [2.75, 3.05) is 40.1 Å². The van der Waals surface area contributed by atoms with Crippen LogP contribution >= 0.6 is 24.2 Å². The van der Waals surface area contributed by atoms with Crippen molar-refractivity contribution in [2.24, 2.45) is 0 Å². The third kappa shape index (κ3) is 6.61. The minimum absolute atomic E-state index is 0. The predicted molar refractivity (Wildman–Crippen MR) is 79.8 cm³/mol. The quantitative estimate of drug-likeness (QED) is 0.618. The zero-order chi connectivity index (χ0) is 12.7. The van der Waals surface area contributed by atoms with E-state index >= 15 is 0 Å². The number of ether oxygens (including phenoxy) is 1. The second-order valence-electron chi connectivity index (χ2n) is 4.17. The average Bonchev–Trinajstić information content (AvgIpc) is 2.34. The summed E-state index contributed by atoms with van der Waals surface area (Å²) in [6.45, 7) is 1.87. The molecule has 0 aromatic heterocycles. The lowest BCUT2D eigenvalue weighted by Crippen LogP contribution is -2.19. The number of likely N-dealkylation sites (N-methyl/N-ethyl adjacent to an activating group) is 1. The molecule has 104 valence electrons. The highest BCUT2D eigenvalue weighted by Gasteiger charge is 2.07. The molecular formula is C13H22ClNO2S. The number of rotatable bonds is 7. The van der Waals surface area contributed by atoms with Gasteiger partial charge in [-0.05, 0) is 38.0 Å². The van der Waals surface area contributed by atoms with E-state index in [0.717, 1.165) is 12.1 Å². The van der Waals surface area contributed by atoms with Crippen molar-refractivity contribution in [1.29, 1.82) is 0 Å². The van der Waals surface area contributed by atoms with Crippen LogP contribution in [-0.4, -0.2) is 50.1 Å². The molecule has 0 spiro atoms. The van der Waals surface area contributed by atoms with Crippen molar-refractivity contribution in [3.63, 3.8) is 0 Å². The van der Waals surface area contributed by atoms with E-state index in [1.165, 1.54) is 4.90 Å². The molecular weight excluding hydrogens is 270 g/mol. The fourth-order valence-electron chi connectivity index (χ4n) is 1.36. The standard InChI is InChI=1S/C13H21NO2S.ClH/c1-14(2)8-9-16-10-13(15)11-4-6-12(17-3)7-5-11;/h4-7,13,15H,8-10H2,1-3H3;1H. The SMILES string of the molecule is CSc1ccc(C(O)COCCN(C)C)cc1.Cl. The van der Waals surface area contributed by atoms with Crippen LogP contribution in [0.25, 0.3) is 0 Å². The van der Waals surface area contributed by atoms with E-state index in [2.05, 4.69) is 4.90 Å². The van der Waals surface area contributed by atoms with Crippen molar-refractivity contribution >= 4 is 24.2 Å². The molecule has 0 aliphatic rings. The first-order valence-corrected chi connectivity index (χ1v) is 6.90. The molecule has 0 saturated heterocycles. The summed E-state index contributed by atoms with van der Waals surface area (Å²) in [5.74, 6) is 0. The van der Waals surface area contributed by atoms with Gasteiger partial charge in [-0.2, -0.15) is 0 Å². The first kappa shape index (κ1) is 17.7. The highest BCUT2D eigenvalue weighted by atomic mass is 35.5. The topological polar surface area (TPSA) is 32.7 Å². The van der Waals surface area contributed by atoms with Gasteiger partial charge in [-0.3, -0.25) is 0 Å². The molecule has 0 fully saturated rings. The summed E-state index contributed by atoms with van der Waals surface area (Å²) >= 11 is 1.70. The largest absolute Gasteiger partial charge is 0.386 e. The Morgan fingerprint density at radius 2 is 1.89 bits per heavy atom. The maximum atomic E-state index is 9.90. The molecule has 1 aromatic carbocycles. The Morgan fingerprint density at radius 3 is 2.39 bits per heavy atom. The lowest BCUT2D eigenvalue weighted by atomic mass is 10.1. The van der Waals surface area contributed by atoms with E-state index in [1.54, 1.807) is 11.8 Å². The number of aliphatic hydroxyl groups excluding tert-OH is 1. The summed E-state index contributed by atoms with van der Waals surface area (Å²) in [4.78, 5) is 3.26. The summed E-state index contributed by atoms with van der Waals surface area (Å²) in [6.07, 6.45) is 1.50. The van der Waals surface area contributed by atoms with Crippen LogP contribution in [-0.2, 0) is 4.74 Å².